The molecule has 0 amide bonds. The van der Waals surface area contributed by atoms with Crippen LogP contribution in [0.5, 0.6) is 17.2 Å². The third kappa shape index (κ3) is 8.88. The first-order chi connectivity index (χ1) is 21.4. The number of nitrogen functional groups attached to an aromatic ring is 2. The van der Waals surface area contributed by atoms with Crippen LogP contribution in [0.15, 0.2) is 84.9 Å². The van der Waals surface area contributed by atoms with Gasteiger partial charge in [0, 0.05) is 23.4 Å². The Labute approximate surface area is 259 Å². The smallest absolute Gasteiger partial charge is 0.389 e. The molecule has 10 heteroatoms. The summed E-state index contributed by atoms with van der Waals surface area (Å²) in [6.45, 7) is 1.98. The van der Waals surface area contributed by atoms with E-state index in [2.05, 4.69) is 0 Å². The number of allylic oxidation sites excluding steroid dienone is 1. The number of anilines is 2. The van der Waals surface area contributed by atoms with Crippen LogP contribution in [0.3, 0.4) is 0 Å². The highest BCUT2D eigenvalue weighted by molar-refractivity contribution is 6.12. The summed E-state index contributed by atoms with van der Waals surface area (Å²) in [6.07, 6.45) is -1.75. The number of nitrogens with two attached hydrogens (primary N) is 2. The van der Waals surface area contributed by atoms with Gasteiger partial charge in [0.05, 0.1) is 19.3 Å². The first kappa shape index (κ1) is 32.7. The molecule has 0 aliphatic carbocycles. The maximum atomic E-state index is 13.2. The van der Waals surface area contributed by atoms with Crippen LogP contribution in [0.25, 0.3) is 17.2 Å². The van der Waals surface area contributed by atoms with Crippen molar-refractivity contribution < 1.29 is 37.0 Å². The Bertz CT molecular complexity index is 1680. The summed E-state index contributed by atoms with van der Waals surface area (Å²) >= 11 is 0. The quantitative estimate of drug-likeness (QED) is 0.0412. The number of unbranched alkanes of at least 4 members (excludes halogenated alkanes) is 1. The Morgan fingerprint density at radius 1 is 0.867 bits per heavy atom. The molecular formula is C35H33F3N2O5. The minimum atomic E-state index is -4.18. The van der Waals surface area contributed by atoms with Gasteiger partial charge >= 0.3 is 12.1 Å². The molecule has 0 fully saturated rings. The first-order valence-corrected chi connectivity index (χ1v) is 14.1. The molecule has 0 unspecified atom stereocenters. The molecule has 0 spiro atoms. The minimum Gasteiger partial charge on any atom is -0.494 e. The summed E-state index contributed by atoms with van der Waals surface area (Å²) in [6, 6.07) is 21.9. The van der Waals surface area contributed by atoms with Gasteiger partial charge in [-0.3, -0.25) is 4.79 Å². The molecule has 0 bridgehead atoms. The lowest BCUT2D eigenvalue weighted by Gasteiger charge is -2.13. The Hall–Kier alpha value is -5.25. The van der Waals surface area contributed by atoms with E-state index >= 15 is 0 Å². The zero-order valence-corrected chi connectivity index (χ0v) is 24.8. The Morgan fingerprint density at radius 3 is 2.24 bits per heavy atom. The van der Waals surface area contributed by atoms with E-state index in [1.807, 2.05) is 25.1 Å². The molecule has 0 heterocycles. The number of esters is 1. The van der Waals surface area contributed by atoms with Crippen molar-refractivity contribution in [3.63, 3.8) is 0 Å². The largest absolute Gasteiger partial charge is 0.494 e. The van der Waals surface area contributed by atoms with Gasteiger partial charge in [-0.1, -0.05) is 30.3 Å². The SMILES string of the molecule is COc1cc(/C=C/C(=O)c2c(N)ccc(-c3ccc(N)cc3)c2C)ccc1OC(=O)c1ccc(OCCCCC(F)(F)F)cc1. The van der Waals surface area contributed by atoms with Gasteiger partial charge in [0.2, 0.25) is 0 Å². The normalized spacial score (nSPS) is 11.4. The number of ether oxygens (including phenoxy) is 3. The van der Waals surface area contributed by atoms with E-state index in [1.165, 1.54) is 25.3 Å². The van der Waals surface area contributed by atoms with Crippen molar-refractivity contribution in [3.05, 3.63) is 107 Å². The van der Waals surface area contributed by atoms with Gasteiger partial charge in [-0.2, -0.15) is 13.2 Å². The molecule has 0 saturated heterocycles. The number of methoxy groups -OCH3 is 1. The molecule has 4 aromatic carbocycles. The van der Waals surface area contributed by atoms with Gasteiger partial charge in [0.25, 0.3) is 0 Å². The highest BCUT2D eigenvalue weighted by atomic mass is 19.4. The van der Waals surface area contributed by atoms with Gasteiger partial charge in [0.1, 0.15) is 5.75 Å². The van der Waals surface area contributed by atoms with Gasteiger partial charge < -0.3 is 25.7 Å². The molecule has 0 aromatic heterocycles. The van der Waals surface area contributed by atoms with Crippen LogP contribution in [0.2, 0.25) is 0 Å². The summed E-state index contributed by atoms with van der Waals surface area (Å²) < 4.78 is 53.1. The number of rotatable bonds is 12. The molecule has 0 saturated carbocycles. The van der Waals surface area contributed by atoms with Crippen molar-refractivity contribution in [1.29, 1.82) is 0 Å². The van der Waals surface area contributed by atoms with Crippen LogP contribution < -0.4 is 25.7 Å². The number of carbonyl (C=O) groups is 2. The zero-order chi connectivity index (χ0) is 32.6. The molecule has 4 rings (SSSR count). The summed E-state index contributed by atoms with van der Waals surface area (Å²) in [5.74, 6) is -0.0401. The molecule has 0 aliphatic rings. The van der Waals surface area contributed by atoms with Crippen LogP contribution in [-0.2, 0) is 0 Å². The maximum absolute atomic E-state index is 13.2. The predicted octanol–water partition coefficient (Wildman–Crippen LogP) is 8.06. The van der Waals surface area contributed by atoms with Gasteiger partial charge in [-0.05, 0) is 103 Å². The van der Waals surface area contributed by atoms with E-state index in [4.69, 9.17) is 25.7 Å². The topological polar surface area (TPSA) is 114 Å². The number of benzene rings is 4. The van der Waals surface area contributed by atoms with Crippen LogP contribution >= 0.6 is 0 Å². The first-order valence-electron chi connectivity index (χ1n) is 14.1. The molecule has 4 N–H and O–H groups in total. The fraction of sp³-hybridized carbons (Fsp3) is 0.200. The van der Waals surface area contributed by atoms with E-state index in [9.17, 15) is 22.8 Å². The lowest BCUT2D eigenvalue weighted by molar-refractivity contribution is -0.135. The molecule has 0 radical (unpaired) electrons. The van der Waals surface area contributed by atoms with E-state index in [0.717, 1.165) is 16.7 Å². The number of halogens is 3. The molecule has 0 atom stereocenters. The standard InChI is InChI=1S/C35H33F3N2O5/c1-22-28(24-7-11-26(39)12-8-24)15-16-29(40)33(22)30(41)17-5-23-6-18-31(32(21-23)43-2)45-34(42)25-9-13-27(14-10-25)44-20-4-3-19-35(36,37)38/h5-18,21H,3-4,19-20,39-40H2,1-2H3/b17-5+. The highest BCUT2D eigenvalue weighted by Crippen LogP contribution is 2.32. The summed E-state index contributed by atoms with van der Waals surface area (Å²) in [7, 11) is 1.43. The summed E-state index contributed by atoms with van der Waals surface area (Å²) in [4.78, 5) is 26.0. The van der Waals surface area contributed by atoms with Crippen LogP contribution in [0, 0.1) is 6.92 Å². The second-order valence-corrected chi connectivity index (χ2v) is 10.3. The average molecular weight is 619 g/mol. The van der Waals surface area contributed by atoms with Gasteiger partial charge in [-0.15, -0.1) is 0 Å². The monoisotopic (exact) mass is 618 g/mol. The van der Waals surface area contributed by atoms with Gasteiger partial charge in [0.15, 0.2) is 17.3 Å². The highest BCUT2D eigenvalue weighted by Gasteiger charge is 2.25. The fourth-order valence-corrected chi connectivity index (χ4v) is 4.63. The van der Waals surface area contributed by atoms with Crippen LogP contribution in [0.1, 0.15) is 51.1 Å². The van der Waals surface area contributed by atoms with Crippen molar-refractivity contribution in [2.45, 2.75) is 32.4 Å². The van der Waals surface area contributed by atoms with Crippen LogP contribution in [-0.4, -0.2) is 31.6 Å². The van der Waals surface area contributed by atoms with Crippen molar-refractivity contribution in [2.24, 2.45) is 0 Å². The number of hydrogen-bond donors (Lipinski definition) is 2. The molecule has 0 aliphatic heterocycles. The number of hydrogen-bond acceptors (Lipinski definition) is 7. The van der Waals surface area contributed by atoms with Crippen molar-refractivity contribution >= 4 is 29.2 Å². The lowest BCUT2D eigenvalue weighted by atomic mass is 9.93. The van der Waals surface area contributed by atoms with Crippen molar-refractivity contribution in [2.75, 3.05) is 25.2 Å². The van der Waals surface area contributed by atoms with E-state index in [-0.39, 0.29) is 42.3 Å². The Balaban J connectivity index is 1.40. The lowest BCUT2D eigenvalue weighted by Crippen LogP contribution is -2.09. The third-order valence-corrected chi connectivity index (χ3v) is 7.00. The second-order valence-electron chi connectivity index (χ2n) is 10.3. The predicted molar refractivity (Wildman–Crippen MR) is 169 cm³/mol. The maximum Gasteiger partial charge on any atom is 0.389 e. The molecule has 234 valence electrons. The molecular weight excluding hydrogens is 585 g/mol. The number of alkyl halides is 3. The van der Waals surface area contributed by atoms with E-state index in [0.29, 0.717) is 28.3 Å². The average Bonchev–Trinajstić information content (AvgIpc) is 3.00. The Kier molecular flexibility index (Phi) is 10.5. The third-order valence-electron chi connectivity index (χ3n) is 7.00. The number of carbonyl (C=O) groups excluding carboxylic acids is 2. The minimum absolute atomic E-state index is 0.0197. The fourth-order valence-electron chi connectivity index (χ4n) is 4.63. The molecule has 45 heavy (non-hydrogen) atoms. The number of ketones is 1. The van der Waals surface area contributed by atoms with E-state index < -0.39 is 18.6 Å². The summed E-state index contributed by atoms with van der Waals surface area (Å²) in [5.41, 5.74) is 16.8. The van der Waals surface area contributed by atoms with E-state index in [1.54, 1.807) is 54.6 Å². The van der Waals surface area contributed by atoms with Crippen molar-refractivity contribution in [3.8, 4) is 28.4 Å². The second kappa shape index (κ2) is 14.5. The molecule has 7 nitrogen and oxygen atoms in total. The van der Waals surface area contributed by atoms with Gasteiger partial charge in [-0.25, -0.2) is 4.79 Å². The van der Waals surface area contributed by atoms with Crippen molar-refractivity contribution in [1.82, 2.24) is 0 Å². The Morgan fingerprint density at radius 2 is 1.58 bits per heavy atom. The van der Waals surface area contributed by atoms with Crippen LogP contribution in [0.4, 0.5) is 24.5 Å². The zero-order valence-electron chi connectivity index (χ0n) is 24.8. The molecule has 4 aromatic rings. The summed E-state index contributed by atoms with van der Waals surface area (Å²) in [5, 5.41) is 0.